The molecule has 2 aromatic carbocycles. The summed E-state index contributed by atoms with van der Waals surface area (Å²) < 4.78 is 6.14. The van der Waals surface area contributed by atoms with E-state index in [4.69, 9.17) is 10.00 Å². The Bertz CT molecular complexity index is 663. The van der Waals surface area contributed by atoms with E-state index in [0.29, 0.717) is 5.56 Å². The highest BCUT2D eigenvalue weighted by Gasteiger charge is 2.13. The molecule has 0 saturated heterocycles. The van der Waals surface area contributed by atoms with Crippen molar-refractivity contribution in [1.82, 2.24) is 5.32 Å². The van der Waals surface area contributed by atoms with Gasteiger partial charge in [-0.05, 0) is 57.1 Å². The lowest BCUT2D eigenvalue weighted by Gasteiger charge is -2.18. The van der Waals surface area contributed by atoms with Crippen LogP contribution in [0, 0.1) is 25.2 Å². The van der Waals surface area contributed by atoms with Crippen LogP contribution >= 0.6 is 0 Å². The van der Waals surface area contributed by atoms with Gasteiger partial charge in [-0.15, -0.1) is 0 Å². The second-order valence-electron chi connectivity index (χ2n) is 5.20. The number of benzene rings is 2. The molecule has 3 nitrogen and oxygen atoms in total. The van der Waals surface area contributed by atoms with E-state index in [2.05, 4.69) is 24.4 Å². The summed E-state index contributed by atoms with van der Waals surface area (Å²) in [5, 5.41) is 12.2. The lowest BCUT2D eigenvalue weighted by molar-refractivity contribution is 0.459. The van der Waals surface area contributed by atoms with Crippen molar-refractivity contribution in [3.8, 4) is 17.6 Å². The van der Waals surface area contributed by atoms with Crippen molar-refractivity contribution in [3.63, 3.8) is 0 Å². The Labute approximate surface area is 126 Å². The van der Waals surface area contributed by atoms with Gasteiger partial charge in [-0.3, -0.25) is 0 Å². The van der Waals surface area contributed by atoms with Gasteiger partial charge >= 0.3 is 0 Å². The topological polar surface area (TPSA) is 45.0 Å². The summed E-state index contributed by atoms with van der Waals surface area (Å²) in [5.41, 5.74) is 3.72. The lowest BCUT2D eigenvalue weighted by Crippen LogP contribution is -2.13. The number of hydrogen-bond acceptors (Lipinski definition) is 3. The minimum Gasteiger partial charge on any atom is -0.456 e. The molecule has 1 atom stereocenters. The first-order valence-corrected chi connectivity index (χ1v) is 7.02. The molecule has 0 heterocycles. The van der Waals surface area contributed by atoms with Gasteiger partial charge in [-0.2, -0.15) is 5.26 Å². The fourth-order valence-electron chi connectivity index (χ4n) is 2.37. The van der Waals surface area contributed by atoms with E-state index in [-0.39, 0.29) is 6.04 Å². The first-order valence-electron chi connectivity index (χ1n) is 7.02. The number of nitrogens with one attached hydrogen (secondary N) is 1. The molecule has 2 rings (SSSR count). The predicted molar refractivity (Wildman–Crippen MR) is 84.6 cm³/mol. The van der Waals surface area contributed by atoms with Crippen molar-refractivity contribution in [2.24, 2.45) is 0 Å². The Hall–Kier alpha value is -2.31. The molecule has 108 valence electrons. The molecule has 0 fully saturated rings. The van der Waals surface area contributed by atoms with Gasteiger partial charge in [0.1, 0.15) is 11.5 Å². The molecule has 3 heteroatoms. The molecule has 21 heavy (non-hydrogen) atoms. The van der Waals surface area contributed by atoms with Crippen molar-refractivity contribution >= 4 is 0 Å². The Kier molecular flexibility index (Phi) is 4.62. The van der Waals surface area contributed by atoms with E-state index in [1.165, 1.54) is 0 Å². The Morgan fingerprint density at radius 3 is 2.33 bits per heavy atom. The second-order valence-corrected chi connectivity index (χ2v) is 5.20. The predicted octanol–water partition coefficient (Wildman–Crippen LogP) is 4.25. The molecule has 0 amide bonds. The van der Waals surface area contributed by atoms with Crippen LogP contribution in [0.1, 0.15) is 35.2 Å². The number of ether oxygens (including phenoxy) is 1. The van der Waals surface area contributed by atoms with Gasteiger partial charge in [0.2, 0.25) is 0 Å². The van der Waals surface area contributed by atoms with E-state index < -0.39 is 0 Å². The molecule has 0 spiro atoms. The van der Waals surface area contributed by atoms with Crippen molar-refractivity contribution in [2.75, 3.05) is 7.05 Å². The molecule has 1 unspecified atom stereocenters. The normalized spacial score (nSPS) is 11.8. The minimum absolute atomic E-state index is 0.209. The maximum absolute atomic E-state index is 9.02. The van der Waals surface area contributed by atoms with Crippen LogP contribution in [0.15, 0.2) is 36.4 Å². The summed E-state index contributed by atoms with van der Waals surface area (Å²) in [4.78, 5) is 0. The average Bonchev–Trinajstić information content (AvgIpc) is 2.50. The SMILES string of the molecule is CNC(C)c1ccccc1Oc1c(C)cc(C#N)cc1C. The number of para-hydroxylation sites is 1. The Morgan fingerprint density at radius 1 is 1.14 bits per heavy atom. The van der Waals surface area contributed by atoms with E-state index >= 15 is 0 Å². The smallest absolute Gasteiger partial charge is 0.133 e. The summed E-state index contributed by atoms with van der Waals surface area (Å²) in [6.07, 6.45) is 0. The van der Waals surface area contributed by atoms with Gasteiger partial charge in [0.25, 0.3) is 0 Å². The number of nitrogens with zero attached hydrogens (tertiary/aromatic N) is 1. The highest BCUT2D eigenvalue weighted by molar-refractivity contribution is 5.50. The first-order chi connectivity index (χ1) is 10.1. The fraction of sp³-hybridized carbons (Fsp3) is 0.278. The molecule has 1 N–H and O–H groups in total. The molecule has 0 aliphatic heterocycles. The molecule has 2 aromatic rings. The highest BCUT2D eigenvalue weighted by atomic mass is 16.5. The second kappa shape index (κ2) is 6.43. The van der Waals surface area contributed by atoms with Crippen LogP contribution in [-0.2, 0) is 0 Å². The molecule has 0 bridgehead atoms. The van der Waals surface area contributed by atoms with Crippen LogP contribution in [0.4, 0.5) is 0 Å². The highest BCUT2D eigenvalue weighted by Crippen LogP contribution is 2.33. The average molecular weight is 280 g/mol. The van der Waals surface area contributed by atoms with Gasteiger partial charge in [0.15, 0.2) is 0 Å². The number of aryl methyl sites for hydroxylation is 2. The quantitative estimate of drug-likeness (QED) is 0.910. The fourth-order valence-corrected chi connectivity index (χ4v) is 2.37. The van der Waals surface area contributed by atoms with E-state index in [9.17, 15) is 0 Å². The Balaban J connectivity index is 2.42. The monoisotopic (exact) mass is 280 g/mol. The van der Waals surface area contributed by atoms with E-state index in [1.807, 2.05) is 51.2 Å². The van der Waals surface area contributed by atoms with Gasteiger partial charge in [0, 0.05) is 11.6 Å². The summed E-state index contributed by atoms with van der Waals surface area (Å²) in [6.45, 7) is 6.03. The maximum atomic E-state index is 9.02. The van der Waals surface area contributed by atoms with Crippen molar-refractivity contribution < 1.29 is 4.74 Å². The van der Waals surface area contributed by atoms with E-state index in [1.54, 1.807) is 0 Å². The number of hydrogen-bond donors (Lipinski definition) is 1. The molecule has 0 aliphatic carbocycles. The first kappa shape index (κ1) is 15.1. The third-order valence-electron chi connectivity index (χ3n) is 3.62. The molecular weight excluding hydrogens is 260 g/mol. The zero-order valence-electron chi connectivity index (χ0n) is 12.9. The van der Waals surface area contributed by atoms with Crippen LogP contribution in [0.25, 0.3) is 0 Å². The molecule has 0 saturated carbocycles. The maximum Gasteiger partial charge on any atom is 0.133 e. The zero-order valence-corrected chi connectivity index (χ0v) is 12.9. The number of nitriles is 1. The standard InChI is InChI=1S/C18H20N2O/c1-12-9-15(11-19)10-13(2)18(12)21-17-8-6-5-7-16(17)14(3)20-4/h5-10,14,20H,1-4H3. The summed E-state index contributed by atoms with van der Waals surface area (Å²) in [7, 11) is 1.93. The van der Waals surface area contributed by atoms with Crippen LogP contribution in [-0.4, -0.2) is 7.05 Å². The van der Waals surface area contributed by atoms with Crippen LogP contribution < -0.4 is 10.1 Å². The lowest BCUT2D eigenvalue weighted by atomic mass is 10.1. The third-order valence-corrected chi connectivity index (χ3v) is 3.62. The van der Waals surface area contributed by atoms with E-state index in [0.717, 1.165) is 28.2 Å². The van der Waals surface area contributed by atoms with Crippen LogP contribution in [0.5, 0.6) is 11.5 Å². The Morgan fingerprint density at radius 2 is 1.76 bits per heavy atom. The molecular formula is C18H20N2O. The van der Waals surface area contributed by atoms with Gasteiger partial charge in [-0.25, -0.2) is 0 Å². The zero-order chi connectivity index (χ0) is 15.4. The summed E-state index contributed by atoms with van der Waals surface area (Å²) in [5.74, 6) is 1.67. The molecule has 0 aliphatic rings. The summed E-state index contributed by atoms with van der Waals surface area (Å²) in [6, 6.07) is 14.1. The molecule has 0 aromatic heterocycles. The summed E-state index contributed by atoms with van der Waals surface area (Å²) >= 11 is 0. The van der Waals surface area contributed by atoms with Gasteiger partial charge < -0.3 is 10.1 Å². The van der Waals surface area contributed by atoms with Gasteiger partial charge in [0.05, 0.1) is 11.6 Å². The minimum atomic E-state index is 0.209. The van der Waals surface area contributed by atoms with Crippen LogP contribution in [0.2, 0.25) is 0 Å². The van der Waals surface area contributed by atoms with Crippen molar-refractivity contribution in [3.05, 3.63) is 58.7 Å². The van der Waals surface area contributed by atoms with Gasteiger partial charge in [-0.1, -0.05) is 18.2 Å². The molecule has 0 radical (unpaired) electrons. The van der Waals surface area contributed by atoms with Crippen molar-refractivity contribution in [1.29, 1.82) is 5.26 Å². The van der Waals surface area contributed by atoms with Crippen molar-refractivity contribution in [2.45, 2.75) is 26.8 Å². The largest absolute Gasteiger partial charge is 0.456 e. The van der Waals surface area contributed by atoms with Crippen LogP contribution in [0.3, 0.4) is 0 Å². The number of rotatable bonds is 4. The third kappa shape index (κ3) is 3.24.